The molecule has 2 aromatic rings. The first-order valence-corrected chi connectivity index (χ1v) is 7.62. The van der Waals surface area contributed by atoms with Crippen molar-refractivity contribution < 1.29 is 4.79 Å². The van der Waals surface area contributed by atoms with Crippen molar-refractivity contribution in [3.63, 3.8) is 0 Å². The van der Waals surface area contributed by atoms with E-state index in [4.69, 9.17) is 0 Å². The number of Topliss-reactive ketones (excluding diaryl/α,β-unsaturated/α-hetero) is 1. The summed E-state index contributed by atoms with van der Waals surface area (Å²) >= 11 is 0. The lowest BCUT2D eigenvalue weighted by atomic mass is 10.0. The minimum Gasteiger partial charge on any atom is -0.362 e. The number of H-pyrrole nitrogens is 1. The van der Waals surface area contributed by atoms with Crippen molar-refractivity contribution in [3.8, 4) is 0 Å². The van der Waals surface area contributed by atoms with Crippen LogP contribution in [0.3, 0.4) is 0 Å². The monoisotopic (exact) mass is 282 g/mol. The molecule has 0 unspecified atom stereocenters. The van der Waals surface area contributed by atoms with Gasteiger partial charge < -0.3 is 4.98 Å². The van der Waals surface area contributed by atoms with Gasteiger partial charge in [-0.1, -0.05) is 24.3 Å². The molecule has 2 heterocycles. The molecule has 110 valence electrons. The SMILES string of the molecule is Cc1cc(C(=O)CN2CCc3ccccc3CC2)c(C)[nH]1. The molecule has 3 rings (SSSR count). The molecule has 21 heavy (non-hydrogen) atoms. The zero-order valence-corrected chi connectivity index (χ0v) is 12.8. The van der Waals surface area contributed by atoms with Crippen LogP contribution in [0.25, 0.3) is 0 Å². The van der Waals surface area contributed by atoms with Gasteiger partial charge in [-0.25, -0.2) is 0 Å². The quantitative estimate of drug-likeness (QED) is 0.879. The van der Waals surface area contributed by atoms with E-state index in [1.807, 2.05) is 19.9 Å². The third-order valence-corrected chi connectivity index (χ3v) is 4.33. The molecule has 0 amide bonds. The number of nitrogens with zero attached hydrogens (tertiary/aromatic N) is 1. The van der Waals surface area contributed by atoms with Gasteiger partial charge in [0.2, 0.25) is 0 Å². The van der Waals surface area contributed by atoms with Gasteiger partial charge in [0.25, 0.3) is 0 Å². The van der Waals surface area contributed by atoms with E-state index in [-0.39, 0.29) is 5.78 Å². The highest BCUT2D eigenvalue weighted by Gasteiger charge is 2.18. The zero-order chi connectivity index (χ0) is 14.8. The molecule has 1 aromatic heterocycles. The van der Waals surface area contributed by atoms with Crippen LogP contribution in [0.15, 0.2) is 30.3 Å². The fourth-order valence-electron chi connectivity index (χ4n) is 3.17. The fourth-order valence-corrected chi connectivity index (χ4v) is 3.17. The van der Waals surface area contributed by atoms with E-state index < -0.39 is 0 Å². The predicted octanol–water partition coefficient (Wildman–Crippen LogP) is 2.92. The third kappa shape index (κ3) is 3.08. The summed E-state index contributed by atoms with van der Waals surface area (Å²) in [5.74, 6) is 0.225. The number of hydrogen-bond donors (Lipinski definition) is 1. The Morgan fingerprint density at radius 3 is 2.29 bits per heavy atom. The van der Waals surface area contributed by atoms with Crippen LogP contribution in [0.1, 0.15) is 32.9 Å². The molecular weight excluding hydrogens is 260 g/mol. The van der Waals surface area contributed by atoms with Crippen molar-refractivity contribution in [1.82, 2.24) is 9.88 Å². The number of aromatic amines is 1. The fraction of sp³-hybridized carbons (Fsp3) is 0.389. The van der Waals surface area contributed by atoms with Crippen LogP contribution in [-0.2, 0) is 12.8 Å². The summed E-state index contributed by atoms with van der Waals surface area (Å²) in [6, 6.07) is 10.6. The molecule has 1 aliphatic heterocycles. The first kappa shape index (κ1) is 14.1. The second-order valence-electron chi connectivity index (χ2n) is 5.96. The molecule has 0 saturated carbocycles. The first-order valence-electron chi connectivity index (χ1n) is 7.62. The Hall–Kier alpha value is -1.87. The van der Waals surface area contributed by atoms with Crippen LogP contribution in [-0.4, -0.2) is 35.3 Å². The normalized spacial score (nSPS) is 15.5. The number of hydrogen-bond acceptors (Lipinski definition) is 2. The van der Waals surface area contributed by atoms with Crippen LogP contribution in [0.2, 0.25) is 0 Å². The summed E-state index contributed by atoms with van der Waals surface area (Å²) in [6.07, 6.45) is 2.07. The maximum Gasteiger partial charge on any atom is 0.178 e. The second-order valence-corrected chi connectivity index (χ2v) is 5.96. The summed E-state index contributed by atoms with van der Waals surface area (Å²) < 4.78 is 0. The summed E-state index contributed by atoms with van der Waals surface area (Å²) in [4.78, 5) is 18.0. The first-order chi connectivity index (χ1) is 10.1. The molecule has 1 aromatic carbocycles. The highest BCUT2D eigenvalue weighted by Crippen LogP contribution is 2.16. The van der Waals surface area contributed by atoms with Crippen molar-refractivity contribution in [2.24, 2.45) is 0 Å². The molecule has 0 fully saturated rings. The molecule has 1 aliphatic rings. The number of aryl methyl sites for hydroxylation is 2. The lowest BCUT2D eigenvalue weighted by Gasteiger charge is -2.18. The second kappa shape index (κ2) is 5.86. The van der Waals surface area contributed by atoms with Gasteiger partial charge in [-0.05, 0) is 43.9 Å². The number of carbonyl (C=O) groups is 1. The van der Waals surface area contributed by atoms with E-state index in [9.17, 15) is 4.79 Å². The Bertz CT molecular complexity index is 630. The minimum atomic E-state index is 0.225. The lowest BCUT2D eigenvalue weighted by molar-refractivity contribution is 0.0933. The van der Waals surface area contributed by atoms with Gasteiger partial charge in [0.05, 0.1) is 6.54 Å². The molecule has 0 spiro atoms. The van der Waals surface area contributed by atoms with Gasteiger partial charge in [0.15, 0.2) is 5.78 Å². The maximum atomic E-state index is 12.5. The number of rotatable bonds is 3. The van der Waals surface area contributed by atoms with Crippen LogP contribution < -0.4 is 0 Å². The van der Waals surface area contributed by atoms with Crippen molar-refractivity contribution in [2.45, 2.75) is 26.7 Å². The zero-order valence-electron chi connectivity index (χ0n) is 12.8. The van der Waals surface area contributed by atoms with Gasteiger partial charge in [-0.15, -0.1) is 0 Å². The Morgan fingerprint density at radius 1 is 1.14 bits per heavy atom. The molecule has 0 atom stereocenters. The highest BCUT2D eigenvalue weighted by molar-refractivity contribution is 5.98. The van der Waals surface area contributed by atoms with Crippen molar-refractivity contribution in [1.29, 1.82) is 0 Å². The highest BCUT2D eigenvalue weighted by atomic mass is 16.1. The third-order valence-electron chi connectivity index (χ3n) is 4.33. The molecule has 3 nitrogen and oxygen atoms in total. The average molecular weight is 282 g/mol. The topological polar surface area (TPSA) is 36.1 Å². The largest absolute Gasteiger partial charge is 0.362 e. The molecular formula is C18H22N2O. The number of aromatic nitrogens is 1. The molecule has 0 saturated heterocycles. The molecule has 0 aliphatic carbocycles. The van der Waals surface area contributed by atoms with E-state index in [0.717, 1.165) is 42.9 Å². The van der Waals surface area contributed by atoms with E-state index in [1.54, 1.807) is 0 Å². The van der Waals surface area contributed by atoms with Crippen molar-refractivity contribution >= 4 is 5.78 Å². The van der Waals surface area contributed by atoms with E-state index in [2.05, 4.69) is 34.1 Å². The molecule has 3 heteroatoms. The van der Waals surface area contributed by atoms with E-state index >= 15 is 0 Å². The smallest absolute Gasteiger partial charge is 0.178 e. The lowest BCUT2D eigenvalue weighted by Crippen LogP contribution is -2.32. The van der Waals surface area contributed by atoms with Crippen molar-refractivity contribution in [2.75, 3.05) is 19.6 Å². The number of benzene rings is 1. The minimum absolute atomic E-state index is 0.225. The van der Waals surface area contributed by atoms with Gasteiger partial charge in [0, 0.05) is 30.0 Å². The standard InChI is InChI=1S/C18H22N2O/c1-13-11-17(14(2)19-13)18(21)12-20-9-7-15-5-3-4-6-16(15)8-10-20/h3-6,11,19H,7-10,12H2,1-2H3. The van der Waals surface area contributed by atoms with E-state index in [0.29, 0.717) is 6.54 Å². The Morgan fingerprint density at radius 2 is 1.76 bits per heavy atom. The van der Waals surface area contributed by atoms with Crippen LogP contribution in [0.5, 0.6) is 0 Å². The predicted molar refractivity (Wildman–Crippen MR) is 84.9 cm³/mol. The summed E-state index contributed by atoms with van der Waals surface area (Å²) in [5, 5.41) is 0. The maximum absolute atomic E-state index is 12.5. The average Bonchev–Trinajstić information content (AvgIpc) is 2.69. The van der Waals surface area contributed by atoms with Crippen LogP contribution in [0.4, 0.5) is 0 Å². The summed E-state index contributed by atoms with van der Waals surface area (Å²) in [5.41, 5.74) is 5.74. The molecule has 0 bridgehead atoms. The number of ketones is 1. The van der Waals surface area contributed by atoms with Gasteiger partial charge in [0.1, 0.15) is 0 Å². The van der Waals surface area contributed by atoms with Crippen molar-refractivity contribution in [3.05, 3.63) is 58.4 Å². The van der Waals surface area contributed by atoms with Gasteiger partial charge in [-0.2, -0.15) is 0 Å². The Labute approximate surface area is 126 Å². The van der Waals surface area contributed by atoms with Gasteiger partial charge >= 0.3 is 0 Å². The Balaban J connectivity index is 1.67. The van der Waals surface area contributed by atoms with Gasteiger partial charge in [-0.3, -0.25) is 9.69 Å². The number of fused-ring (bicyclic) bond motifs is 1. The van der Waals surface area contributed by atoms with Crippen LogP contribution >= 0.6 is 0 Å². The number of nitrogens with one attached hydrogen (secondary N) is 1. The number of carbonyl (C=O) groups excluding carboxylic acids is 1. The Kier molecular flexibility index (Phi) is 3.93. The molecule has 0 radical (unpaired) electrons. The summed E-state index contributed by atoms with van der Waals surface area (Å²) in [7, 11) is 0. The molecule has 1 N–H and O–H groups in total. The van der Waals surface area contributed by atoms with E-state index in [1.165, 1.54) is 11.1 Å². The summed E-state index contributed by atoms with van der Waals surface area (Å²) in [6.45, 7) is 6.41. The van der Waals surface area contributed by atoms with Crippen LogP contribution in [0, 0.1) is 13.8 Å².